The van der Waals surface area contributed by atoms with Gasteiger partial charge in [-0.1, -0.05) is 13.8 Å². The van der Waals surface area contributed by atoms with Gasteiger partial charge in [0.15, 0.2) is 5.82 Å². The van der Waals surface area contributed by atoms with Crippen molar-refractivity contribution in [3.8, 4) is 11.8 Å². The number of nitriles is 1. The molecule has 5 heterocycles. The van der Waals surface area contributed by atoms with E-state index >= 15 is 0 Å². The van der Waals surface area contributed by atoms with E-state index in [0.29, 0.717) is 54.7 Å². The van der Waals surface area contributed by atoms with Gasteiger partial charge in [0.25, 0.3) is 5.91 Å². The largest absolute Gasteiger partial charge is 0.491 e. The molecule has 0 bridgehead atoms. The highest BCUT2D eigenvalue weighted by molar-refractivity contribution is 5.93. The molecule has 0 N–H and O–H groups in total. The number of aryl methyl sites for hydroxylation is 2. The summed E-state index contributed by atoms with van der Waals surface area (Å²) in [5.41, 5.74) is 1.83. The number of pyridine rings is 1. The maximum absolute atomic E-state index is 13.6. The topological polar surface area (TPSA) is 122 Å². The van der Waals surface area contributed by atoms with E-state index in [9.17, 15) is 14.9 Å². The third kappa shape index (κ3) is 3.91. The fourth-order valence-electron chi connectivity index (χ4n) is 5.37. The molecule has 0 spiro atoms. The SMILES string of the molecule is CCn1c(CC#N)nc2c(N3C[C@@H](C)N(C(=O)c4ccc5c(n4)C(C)(C)CO5)C[C@@H]3C)nc(=O)n(C)c21. The molecule has 37 heavy (non-hydrogen) atoms. The molecule has 1 fully saturated rings. The molecule has 11 nitrogen and oxygen atoms in total. The third-order valence-electron chi connectivity index (χ3n) is 7.42. The lowest BCUT2D eigenvalue weighted by molar-refractivity contribution is 0.0638. The second-order valence-corrected chi connectivity index (χ2v) is 10.6. The van der Waals surface area contributed by atoms with Crippen LogP contribution < -0.4 is 15.3 Å². The van der Waals surface area contributed by atoms with Gasteiger partial charge in [-0.3, -0.25) is 9.36 Å². The molecule has 194 valence electrons. The van der Waals surface area contributed by atoms with Crippen LogP contribution in [0.1, 0.15) is 56.6 Å². The molecule has 1 saturated heterocycles. The number of nitrogens with zero attached hydrogens (tertiary/aromatic N) is 8. The Balaban J connectivity index is 1.48. The molecular weight excluding hydrogens is 472 g/mol. The summed E-state index contributed by atoms with van der Waals surface area (Å²) in [6, 6.07) is 5.44. The highest BCUT2D eigenvalue weighted by atomic mass is 16.5. The molecule has 2 aliphatic rings. The zero-order valence-corrected chi connectivity index (χ0v) is 22.1. The smallest absolute Gasteiger partial charge is 0.350 e. The molecule has 0 saturated carbocycles. The summed E-state index contributed by atoms with van der Waals surface area (Å²) in [6.07, 6.45) is 0.139. The Bertz CT molecular complexity index is 1500. The number of hydrogen-bond acceptors (Lipinski definition) is 8. The number of ether oxygens (including phenoxy) is 1. The lowest BCUT2D eigenvalue weighted by atomic mass is 9.91. The van der Waals surface area contributed by atoms with Gasteiger partial charge < -0.3 is 19.1 Å². The van der Waals surface area contributed by atoms with Crippen LogP contribution in [0.15, 0.2) is 16.9 Å². The maximum atomic E-state index is 13.6. The van der Waals surface area contributed by atoms with Gasteiger partial charge in [-0.05, 0) is 32.9 Å². The summed E-state index contributed by atoms with van der Waals surface area (Å²) in [7, 11) is 1.67. The molecule has 3 aromatic rings. The first kappa shape index (κ1) is 24.7. The van der Waals surface area contributed by atoms with E-state index in [1.54, 1.807) is 13.1 Å². The Morgan fingerprint density at radius 2 is 1.95 bits per heavy atom. The van der Waals surface area contributed by atoms with Crippen molar-refractivity contribution < 1.29 is 9.53 Å². The highest BCUT2D eigenvalue weighted by Crippen LogP contribution is 2.37. The molecule has 11 heteroatoms. The van der Waals surface area contributed by atoms with Crippen molar-refractivity contribution in [3.05, 3.63) is 39.8 Å². The molecule has 1 amide bonds. The van der Waals surface area contributed by atoms with Crippen LogP contribution in [0.3, 0.4) is 0 Å². The molecule has 0 aliphatic carbocycles. The Hall–Kier alpha value is -3.94. The Morgan fingerprint density at radius 3 is 2.65 bits per heavy atom. The number of piperazine rings is 1. The second-order valence-electron chi connectivity index (χ2n) is 10.6. The van der Waals surface area contributed by atoms with Crippen LogP contribution in [-0.2, 0) is 25.4 Å². The average molecular weight is 505 g/mol. The van der Waals surface area contributed by atoms with E-state index < -0.39 is 0 Å². The highest BCUT2D eigenvalue weighted by Gasteiger charge is 2.38. The summed E-state index contributed by atoms with van der Waals surface area (Å²) >= 11 is 0. The minimum absolute atomic E-state index is 0.122. The van der Waals surface area contributed by atoms with Gasteiger partial charge in [0.1, 0.15) is 28.4 Å². The molecule has 5 rings (SSSR count). The van der Waals surface area contributed by atoms with Crippen LogP contribution in [0.5, 0.6) is 5.75 Å². The van der Waals surface area contributed by atoms with E-state index in [2.05, 4.69) is 29.8 Å². The molecule has 0 unspecified atom stereocenters. The van der Waals surface area contributed by atoms with Crippen LogP contribution >= 0.6 is 0 Å². The van der Waals surface area contributed by atoms with Crippen LogP contribution in [-0.4, -0.2) is 66.7 Å². The molecule has 3 aromatic heterocycles. The minimum atomic E-state index is -0.383. The number of aromatic nitrogens is 5. The number of fused-ring (bicyclic) bond motifs is 2. The third-order valence-corrected chi connectivity index (χ3v) is 7.42. The first-order valence-corrected chi connectivity index (χ1v) is 12.6. The maximum Gasteiger partial charge on any atom is 0.350 e. The van der Waals surface area contributed by atoms with Crippen molar-refractivity contribution >= 4 is 22.9 Å². The number of carbonyl (C=O) groups excluding carboxylic acids is 1. The van der Waals surface area contributed by atoms with E-state index in [-0.39, 0.29) is 35.5 Å². The van der Waals surface area contributed by atoms with Crippen molar-refractivity contribution in [1.82, 2.24) is 29.0 Å². The molecule has 2 atom stereocenters. The van der Waals surface area contributed by atoms with E-state index in [0.717, 1.165) is 11.4 Å². The first-order chi connectivity index (χ1) is 17.6. The Labute approximate surface area is 215 Å². The minimum Gasteiger partial charge on any atom is -0.491 e. The number of hydrogen-bond donors (Lipinski definition) is 0. The summed E-state index contributed by atoms with van der Waals surface area (Å²) in [6.45, 7) is 12.1. The first-order valence-electron chi connectivity index (χ1n) is 12.6. The molecule has 0 aromatic carbocycles. The average Bonchev–Trinajstić information content (AvgIpc) is 3.39. The lowest BCUT2D eigenvalue weighted by Gasteiger charge is -2.44. The van der Waals surface area contributed by atoms with Gasteiger partial charge in [0.2, 0.25) is 0 Å². The van der Waals surface area contributed by atoms with E-state index in [1.165, 1.54) is 4.57 Å². The van der Waals surface area contributed by atoms with Crippen molar-refractivity contribution in [2.75, 3.05) is 24.6 Å². The van der Waals surface area contributed by atoms with Crippen LogP contribution in [0.25, 0.3) is 11.2 Å². The zero-order valence-electron chi connectivity index (χ0n) is 22.1. The number of rotatable bonds is 4. The second kappa shape index (κ2) is 8.87. The Kier molecular flexibility index (Phi) is 5.93. The molecule has 0 radical (unpaired) electrons. The van der Waals surface area contributed by atoms with E-state index in [4.69, 9.17) is 14.7 Å². The normalized spacial score (nSPS) is 20.6. The Morgan fingerprint density at radius 1 is 1.19 bits per heavy atom. The predicted molar refractivity (Wildman–Crippen MR) is 138 cm³/mol. The quantitative estimate of drug-likeness (QED) is 0.529. The number of carbonyl (C=O) groups is 1. The van der Waals surface area contributed by atoms with Crippen molar-refractivity contribution in [3.63, 3.8) is 0 Å². The zero-order chi connectivity index (χ0) is 26.6. The van der Waals surface area contributed by atoms with Crippen LogP contribution in [0, 0.1) is 11.3 Å². The van der Waals surface area contributed by atoms with Gasteiger partial charge in [0, 0.05) is 44.2 Å². The van der Waals surface area contributed by atoms with Gasteiger partial charge >= 0.3 is 5.69 Å². The van der Waals surface area contributed by atoms with Crippen LogP contribution in [0.2, 0.25) is 0 Å². The predicted octanol–water partition coefficient (Wildman–Crippen LogP) is 2.02. The standard InChI is InChI=1S/C26H32N8O3/c1-7-32-19(10-11-27)29-20-22(30-25(36)31(6)23(20)32)33-12-16(3)34(13-15(33)2)24(35)17-8-9-18-21(28-17)26(4,5)14-37-18/h8-9,15-16H,7,10,12-14H2,1-6H3/t15-,16+/m0/s1. The van der Waals surface area contributed by atoms with Crippen molar-refractivity contribution in [2.24, 2.45) is 7.05 Å². The van der Waals surface area contributed by atoms with E-state index in [1.807, 2.05) is 36.3 Å². The van der Waals surface area contributed by atoms with Gasteiger partial charge in [0.05, 0.1) is 24.8 Å². The summed E-state index contributed by atoms with van der Waals surface area (Å²) in [5.74, 6) is 1.70. The lowest BCUT2D eigenvalue weighted by Crippen LogP contribution is -2.58. The molecule has 2 aliphatic heterocycles. The summed E-state index contributed by atoms with van der Waals surface area (Å²) in [5, 5.41) is 9.29. The summed E-state index contributed by atoms with van der Waals surface area (Å²) < 4.78 is 9.10. The fraction of sp³-hybridized carbons (Fsp3) is 0.538. The van der Waals surface area contributed by atoms with Crippen LogP contribution in [0.4, 0.5) is 5.82 Å². The number of amides is 1. The van der Waals surface area contributed by atoms with Gasteiger partial charge in [-0.2, -0.15) is 10.2 Å². The van der Waals surface area contributed by atoms with Crippen molar-refractivity contribution in [2.45, 2.75) is 65.1 Å². The number of imidazole rings is 1. The monoisotopic (exact) mass is 504 g/mol. The summed E-state index contributed by atoms with van der Waals surface area (Å²) in [4.78, 5) is 44.1. The van der Waals surface area contributed by atoms with Crippen molar-refractivity contribution in [1.29, 1.82) is 5.26 Å². The molecular formula is C26H32N8O3. The van der Waals surface area contributed by atoms with Gasteiger partial charge in [-0.15, -0.1) is 0 Å². The number of anilines is 1. The fourth-order valence-corrected chi connectivity index (χ4v) is 5.37. The van der Waals surface area contributed by atoms with Gasteiger partial charge in [-0.25, -0.2) is 14.8 Å².